The van der Waals surface area contributed by atoms with E-state index < -0.39 is 6.61 Å². The number of hydrogen-bond acceptors (Lipinski definition) is 7. The first-order valence-electron chi connectivity index (χ1n) is 8.00. The normalized spacial score (nSPS) is 13.7. The summed E-state index contributed by atoms with van der Waals surface area (Å²) in [5.41, 5.74) is 0.833. The summed E-state index contributed by atoms with van der Waals surface area (Å²) >= 11 is 2.80. The molecule has 1 aliphatic carbocycles. The molecule has 0 aliphatic heterocycles. The molecule has 1 saturated carbocycles. The zero-order chi connectivity index (χ0) is 18.5. The van der Waals surface area contributed by atoms with Gasteiger partial charge in [0.05, 0.1) is 5.75 Å². The van der Waals surface area contributed by atoms with Crippen LogP contribution in [0.3, 0.4) is 0 Å². The number of aromatic nitrogens is 2. The Morgan fingerprint density at radius 2 is 2.12 bits per heavy atom. The number of hydrogen-bond donors (Lipinski definition) is 1. The molecule has 10 heteroatoms. The van der Waals surface area contributed by atoms with Gasteiger partial charge in [0, 0.05) is 19.6 Å². The van der Waals surface area contributed by atoms with Gasteiger partial charge >= 0.3 is 6.61 Å². The molecule has 0 radical (unpaired) electrons. The van der Waals surface area contributed by atoms with Gasteiger partial charge in [0.1, 0.15) is 5.75 Å². The second kappa shape index (κ2) is 8.63. The number of nitrogens with zero attached hydrogens (tertiary/aromatic N) is 3. The van der Waals surface area contributed by atoms with E-state index in [4.69, 9.17) is 0 Å². The van der Waals surface area contributed by atoms with Gasteiger partial charge in [-0.15, -0.1) is 10.2 Å². The highest BCUT2D eigenvalue weighted by molar-refractivity contribution is 8.01. The van der Waals surface area contributed by atoms with E-state index in [1.165, 1.54) is 48.1 Å². The van der Waals surface area contributed by atoms with Crippen molar-refractivity contribution in [3.05, 3.63) is 29.8 Å². The van der Waals surface area contributed by atoms with Crippen LogP contribution in [0.1, 0.15) is 18.4 Å². The molecule has 1 aliphatic rings. The zero-order valence-corrected chi connectivity index (χ0v) is 15.7. The van der Waals surface area contributed by atoms with Crippen LogP contribution in [0.25, 0.3) is 0 Å². The minimum Gasteiger partial charge on any atom is -0.435 e. The first-order valence-corrected chi connectivity index (χ1v) is 9.80. The van der Waals surface area contributed by atoms with Crippen LogP contribution < -0.4 is 10.1 Å². The van der Waals surface area contributed by atoms with Gasteiger partial charge in [-0.1, -0.05) is 35.2 Å². The number of alkyl halides is 2. The van der Waals surface area contributed by atoms with Gasteiger partial charge < -0.3 is 15.0 Å². The van der Waals surface area contributed by atoms with Crippen molar-refractivity contribution in [3.8, 4) is 5.75 Å². The van der Waals surface area contributed by atoms with Crippen molar-refractivity contribution in [3.63, 3.8) is 0 Å². The molecule has 1 aromatic carbocycles. The molecule has 140 valence electrons. The number of amides is 1. The molecule has 26 heavy (non-hydrogen) atoms. The van der Waals surface area contributed by atoms with Gasteiger partial charge in [-0.05, 0) is 30.5 Å². The molecule has 1 aromatic heterocycles. The second-order valence-electron chi connectivity index (χ2n) is 5.85. The smallest absolute Gasteiger partial charge is 0.387 e. The van der Waals surface area contributed by atoms with Crippen molar-refractivity contribution in [1.29, 1.82) is 0 Å². The molecular formula is C16H18F2N4O2S2. The molecule has 1 N–H and O–H groups in total. The van der Waals surface area contributed by atoms with Gasteiger partial charge in [0.15, 0.2) is 4.34 Å². The highest BCUT2D eigenvalue weighted by Gasteiger charge is 2.22. The number of carbonyl (C=O) groups excluding carboxylic acids is 1. The van der Waals surface area contributed by atoms with E-state index in [0.29, 0.717) is 12.6 Å². The molecule has 0 atom stereocenters. The Morgan fingerprint density at radius 3 is 2.77 bits per heavy atom. The van der Waals surface area contributed by atoms with Crippen LogP contribution in [0.2, 0.25) is 0 Å². The standard InChI is InChI=1S/C16H18F2N4O2S2/c1-22(8-10-2-6-12(7-3-10)24-14(17)18)13(23)9-25-16-21-20-15(26-16)19-11-4-5-11/h2-3,6-7,11,14H,4-5,8-9H2,1H3,(H,19,20). The lowest BCUT2D eigenvalue weighted by Crippen LogP contribution is -2.27. The maximum absolute atomic E-state index is 12.2. The summed E-state index contributed by atoms with van der Waals surface area (Å²) in [6.07, 6.45) is 2.33. The van der Waals surface area contributed by atoms with Gasteiger partial charge in [0.25, 0.3) is 0 Å². The van der Waals surface area contributed by atoms with Crippen molar-refractivity contribution < 1.29 is 18.3 Å². The number of rotatable bonds is 9. The molecule has 3 rings (SSSR count). The molecule has 2 aromatic rings. The minimum absolute atomic E-state index is 0.0465. The molecule has 6 nitrogen and oxygen atoms in total. The summed E-state index contributed by atoms with van der Waals surface area (Å²) in [5, 5.41) is 12.2. The van der Waals surface area contributed by atoms with E-state index in [0.717, 1.165) is 15.0 Å². The molecule has 0 bridgehead atoms. The largest absolute Gasteiger partial charge is 0.435 e. The summed E-state index contributed by atoms with van der Waals surface area (Å²) in [6, 6.07) is 6.77. The topological polar surface area (TPSA) is 67.3 Å². The Bertz CT molecular complexity index is 738. The first-order chi connectivity index (χ1) is 12.5. The SMILES string of the molecule is CN(Cc1ccc(OC(F)F)cc1)C(=O)CSc1nnc(NC2CC2)s1. The summed E-state index contributed by atoms with van der Waals surface area (Å²) in [6.45, 7) is -2.46. The average molecular weight is 400 g/mol. The number of benzene rings is 1. The van der Waals surface area contributed by atoms with E-state index in [1.54, 1.807) is 24.1 Å². The number of thioether (sulfide) groups is 1. The zero-order valence-electron chi connectivity index (χ0n) is 14.0. The maximum Gasteiger partial charge on any atom is 0.387 e. The number of carbonyl (C=O) groups is 1. The monoisotopic (exact) mass is 400 g/mol. The van der Waals surface area contributed by atoms with E-state index in [2.05, 4.69) is 20.3 Å². The molecule has 0 unspecified atom stereocenters. The fourth-order valence-corrected chi connectivity index (χ4v) is 3.87. The van der Waals surface area contributed by atoms with Crippen molar-refractivity contribution in [1.82, 2.24) is 15.1 Å². The molecule has 1 heterocycles. The maximum atomic E-state index is 12.2. The predicted molar refractivity (Wildman–Crippen MR) is 96.8 cm³/mol. The quantitative estimate of drug-likeness (QED) is 0.650. The van der Waals surface area contributed by atoms with Crippen LogP contribution in [-0.4, -0.2) is 46.5 Å². The van der Waals surface area contributed by atoms with Crippen molar-refractivity contribution in [2.45, 2.75) is 36.4 Å². The predicted octanol–water partition coefficient (Wildman–Crippen LogP) is 3.46. The van der Waals surface area contributed by atoms with E-state index in [1.807, 2.05) is 0 Å². The van der Waals surface area contributed by atoms with Gasteiger partial charge in [-0.25, -0.2) is 0 Å². The number of nitrogens with one attached hydrogen (secondary N) is 1. The number of ether oxygens (including phenoxy) is 1. The van der Waals surface area contributed by atoms with E-state index in [9.17, 15) is 13.6 Å². The summed E-state index contributed by atoms with van der Waals surface area (Å²) in [7, 11) is 1.70. The summed E-state index contributed by atoms with van der Waals surface area (Å²) in [5.74, 6) is 0.316. The third kappa shape index (κ3) is 5.80. The van der Waals surface area contributed by atoms with Crippen LogP contribution in [0.4, 0.5) is 13.9 Å². The fraction of sp³-hybridized carbons (Fsp3) is 0.438. The van der Waals surface area contributed by atoms with Crippen molar-refractivity contribution in [2.75, 3.05) is 18.1 Å². The lowest BCUT2D eigenvalue weighted by atomic mass is 10.2. The Morgan fingerprint density at radius 1 is 1.38 bits per heavy atom. The minimum atomic E-state index is -2.84. The number of halogens is 2. The Balaban J connectivity index is 1.44. The molecule has 1 amide bonds. The fourth-order valence-electron chi connectivity index (χ4n) is 2.10. The van der Waals surface area contributed by atoms with Crippen LogP contribution in [0, 0.1) is 0 Å². The lowest BCUT2D eigenvalue weighted by Gasteiger charge is -2.17. The highest BCUT2D eigenvalue weighted by atomic mass is 32.2. The Kier molecular flexibility index (Phi) is 6.25. The van der Waals surface area contributed by atoms with Crippen LogP contribution >= 0.6 is 23.1 Å². The van der Waals surface area contributed by atoms with Crippen LogP contribution in [0.15, 0.2) is 28.6 Å². The summed E-state index contributed by atoms with van der Waals surface area (Å²) < 4.78 is 29.3. The molecule has 0 saturated heterocycles. The van der Waals surface area contributed by atoms with Gasteiger partial charge in [-0.2, -0.15) is 8.78 Å². The summed E-state index contributed by atoms with van der Waals surface area (Å²) in [4.78, 5) is 13.8. The third-order valence-corrected chi connectivity index (χ3v) is 5.60. The average Bonchev–Trinajstić information content (AvgIpc) is 3.30. The van der Waals surface area contributed by atoms with Crippen molar-refractivity contribution in [2.24, 2.45) is 0 Å². The highest BCUT2D eigenvalue weighted by Crippen LogP contribution is 2.30. The number of anilines is 1. The molecule has 1 fully saturated rings. The first kappa shape index (κ1) is 18.8. The van der Waals surface area contributed by atoms with Gasteiger partial charge in [0.2, 0.25) is 11.0 Å². The lowest BCUT2D eigenvalue weighted by molar-refractivity contribution is -0.127. The van der Waals surface area contributed by atoms with Gasteiger partial charge in [-0.3, -0.25) is 4.79 Å². The van der Waals surface area contributed by atoms with E-state index in [-0.39, 0.29) is 17.4 Å². The second-order valence-corrected chi connectivity index (χ2v) is 8.05. The van der Waals surface area contributed by atoms with Crippen LogP contribution in [0.5, 0.6) is 5.75 Å². The Labute approximate surface area is 157 Å². The van der Waals surface area contributed by atoms with Crippen molar-refractivity contribution >= 4 is 34.1 Å². The van der Waals surface area contributed by atoms with E-state index >= 15 is 0 Å². The van der Waals surface area contributed by atoms with Crippen LogP contribution in [-0.2, 0) is 11.3 Å². The Hall–Kier alpha value is -1.94. The third-order valence-electron chi connectivity index (χ3n) is 3.62. The molecular weight excluding hydrogens is 382 g/mol. The molecule has 0 spiro atoms.